The third-order valence-electron chi connectivity index (χ3n) is 1.48. The van der Waals surface area contributed by atoms with Crippen LogP contribution in [0.3, 0.4) is 0 Å². The Morgan fingerprint density at radius 3 is 2.15 bits per heavy atom. The molecule has 4 nitrogen and oxygen atoms in total. The van der Waals surface area contributed by atoms with Crippen LogP contribution >= 0.6 is 24.8 Å². The molecule has 4 N–H and O–H groups in total. The van der Waals surface area contributed by atoms with Crippen LogP contribution in [0.25, 0.3) is 0 Å². The molecule has 1 unspecified atom stereocenters. The van der Waals surface area contributed by atoms with Gasteiger partial charge in [0, 0.05) is 14.1 Å². The minimum Gasteiger partial charge on any atom is -0.347 e. The summed E-state index contributed by atoms with van der Waals surface area (Å²) < 4.78 is 0. The Balaban J connectivity index is -0.000000500. The number of carbonyl (C=O) groups is 1. The van der Waals surface area contributed by atoms with Gasteiger partial charge in [-0.1, -0.05) is 0 Å². The molecule has 0 saturated heterocycles. The molecule has 0 fully saturated rings. The highest BCUT2D eigenvalue weighted by atomic mass is 35.5. The van der Waals surface area contributed by atoms with E-state index in [-0.39, 0.29) is 36.8 Å². The van der Waals surface area contributed by atoms with Crippen molar-refractivity contribution < 1.29 is 4.79 Å². The molecule has 0 bridgehead atoms. The smallest absolute Gasteiger partial charge is 0.238 e. The summed E-state index contributed by atoms with van der Waals surface area (Å²) in [5.41, 5.74) is 10.8. The van der Waals surface area contributed by atoms with Gasteiger partial charge in [-0.05, 0) is 19.4 Å². The van der Waals surface area contributed by atoms with Crippen molar-refractivity contribution in [2.75, 3.05) is 20.6 Å². The van der Waals surface area contributed by atoms with Crippen LogP contribution < -0.4 is 11.5 Å². The molecule has 6 heteroatoms. The normalized spacial score (nSPS) is 10.8. The summed E-state index contributed by atoms with van der Waals surface area (Å²) in [7, 11) is 3.40. The summed E-state index contributed by atoms with van der Waals surface area (Å²) in [5, 5.41) is 0. The molecule has 0 heterocycles. The molecule has 1 amide bonds. The molecule has 82 valence electrons. The Bertz CT molecular complexity index is 133. The van der Waals surface area contributed by atoms with Crippen LogP contribution in [0.2, 0.25) is 0 Å². The minimum atomic E-state index is -0.381. The van der Waals surface area contributed by atoms with Gasteiger partial charge in [-0.25, -0.2) is 0 Å². The van der Waals surface area contributed by atoms with Crippen molar-refractivity contribution in [3.05, 3.63) is 0 Å². The molecular weight excluding hydrogens is 213 g/mol. The lowest BCUT2D eigenvalue weighted by Gasteiger charge is -2.15. The summed E-state index contributed by atoms with van der Waals surface area (Å²) in [6.07, 6.45) is 1.48. The SMILES string of the molecule is CN(C)C(=O)C(N)CCCN.Cl.Cl. The van der Waals surface area contributed by atoms with Gasteiger partial charge in [-0.3, -0.25) is 4.79 Å². The Morgan fingerprint density at radius 1 is 1.38 bits per heavy atom. The average molecular weight is 232 g/mol. The Kier molecular flexibility index (Phi) is 14.5. The summed E-state index contributed by atoms with van der Waals surface area (Å²) in [5.74, 6) is -0.0292. The Morgan fingerprint density at radius 2 is 1.85 bits per heavy atom. The van der Waals surface area contributed by atoms with E-state index < -0.39 is 0 Å². The van der Waals surface area contributed by atoms with Gasteiger partial charge in [0.25, 0.3) is 0 Å². The second-order valence-electron chi connectivity index (χ2n) is 2.77. The van der Waals surface area contributed by atoms with E-state index >= 15 is 0 Å². The number of likely N-dealkylation sites (N-methyl/N-ethyl adjacent to an activating group) is 1. The van der Waals surface area contributed by atoms with Crippen molar-refractivity contribution in [1.82, 2.24) is 4.90 Å². The van der Waals surface area contributed by atoms with Gasteiger partial charge in [0.15, 0.2) is 0 Å². The molecule has 0 saturated carbocycles. The molecule has 0 aliphatic heterocycles. The lowest BCUT2D eigenvalue weighted by Crippen LogP contribution is -2.39. The van der Waals surface area contributed by atoms with E-state index in [1.807, 2.05) is 0 Å². The van der Waals surface area contributed by atoms with Crippen LogP contribution in [-0.2, 0) is 4.79 Å². The topological polar surface area (TPSA) is 72.3 Å². The molecule has 0 aliphatic carbocycles. The van der Waals surface area contributed by atoms with E-state index in [0.717, 1.165) is 6.42 Å². The molecule has 0 aliphatic rings. The number of hydrogen-bond acceptors (Lipinski definition) is 3. The summed E-state index contributed by atoms with van der Waals surface area (Å²) in [4.78, 5) is 12.6. The fourth-order valence-electron chi connectivity index (χ4n) is 0.793. The molecule has 0 rings (SSSR count). The molecule has 0 aromatic carbocycles. The van der Waals surface area contributed by atoms with Gasteiger partial charge in [-0.2, -0.15) is 0 Å². The zero-order valence-electron chi connectivity index (χ0n) is 8.03. The number of hydrogen-bond donors (Lipinski definition) is 2. The standard InChI is InChI=1S/C7H17N3O.2ClH/c1-10(2)7(11)6(9)4-3-5-8;;/h6H,3-5,8-9H2,1-2H3;2*1H. The second kappa shape index (κ2) is 10.1. The zero-order valence-corrected chi connectivity index (χ0v) is 9.66. The molecule has 0 aromatic heterocycles. The quantitative estimate of drug-likeness (QED) is 0.715. The number of carbonyl (C=O) groups excluding carboxylic acids is 1. The first kappa shape index (κ1) is 18.7. The van der Waals surface area contributed by atoms with Gasteiger partial charge in [0.05, 0.1) is 6.04 Å². The number of rotatable bonds is 4. The Labute approximate surface area is 91.8 Å². The van der Waals surface area contributed by atoms with Crippen LogP contribution in [0, 0.1) is 0 Å². The molecule has 0 radical (unpaired) electrons. The Hall–Kier alpha value is -0.0300. The third-order valence-corrected chi connectivity index (χ3v) is 1.48. The fourth-order valence-corrected chi connectivity index (χ4v) is 0.793. The average Bonchev–Trinajstić information content (AvgIpc) is 1.98. The maximum absolute atomic E-state index is 11.1. The van der Waals surface area contributed by atoms with E-state index in [4.69, 9.17) is 11.5 Å². The van der Waals surface area contributed by atoms with Crippen LogP contribution in [-0.4, -0.2) is 37.5 Å². The lowest BCUT2D eigenvalue weighted by atomic mass is 10.1. The van der Waals surface area contributed by atoms with Gasteiger partial charge in [-0.15, -0.1) is 24.8 Å². The first-order chi connectivity index (χ1) is 5.09. The van der Waals surface area contributed by atoms with Crippen LogP contribution in [0.4, 0.5) is 0 Å². The van der Waals surface area contributed by atoms with Gasteiger partial charge < -0.3 is 16.4 Å². The minimum absolute atomic E-state index is 0. The highest BCUT2D eigenvalue weighted by Gasteiger charge is 2.13. The number of amides is 1. The number of nitrogens with two attached hydrogens (primary N) is 2. The highest BCUT2D eigenvalue weighted by molar-refractivity contribution is 5.85. The summed E-state index contributed by atoms with van der Waals surface area (Å²) in [6.45, 7) is 0.592. The lowest BCUT2D eigenvalue weighted by molar-refractivity contribution is -0.130. The second-order valence-corrected chi connectivity index (χ2v) is 2.77. The number of halogens is 2. The van der Waals surface area contributed by atoms with E-state index in [1.54, 1.807) is 14.1 Å². The van der Waals surface area contributed by atoms with Crippen LogP contribution in [0.5, 0.6) is 0 Å². The van der Waals surface area contributed by atoms with Crippen molar-refractivity contribution in [2.24, 2.45) is 11.5 Å². The highest BCUT2D eigenvalue weighted by Crippen LogP contribution is 1.95. The molecule has 0 aromatic rings. The first-order valence-electron chi connectivity index (χ1n) is 3.76. The van der Waals surface area contributed by atoms with Crippen LogP contribution in [0.1, 0.15) is 12.8 Å². The third kappa shape index (κ3) is 8.30. The van der Waals surface area contributed by atoms with E-state index in [2.05, 4.69) is 0 Å². The monoisotopic (exact) mass is 231 g/mol. The summed E-state index contributed by atoms with van der Waals surface area (Å²) in [6, 6.07) is -0.381. The largest absolute Gasteiger partial charge is 0.347 e. The van der Waals surface area contributed by atoms with Crippen molar-refractivity contribution in [3.8, 4) is 0 Å². The predicted octanol–water partition coefficient (Wildman–Crippen LogP) is -0.0156. The van der Waals surface area contributed by atoms with E-state index in [1.165, 1.54) is 4.90 Å². The van der Waals surface area contributed by atoms with E-state index in [0.29, 0.717) is 13.0 Å². The van der Waals surface area contributed by atoms with Crippen molar-refractivity contribution in [3.63, 3.8) is 0 Å². The maximum atomic E-state index is 11.1. The van der Waals surface area contributed by atoms with Crippen LogP contribution in [0.15, 0.2) is 0 Å². The summed E-state index contributed by atoms with van der Waals surface area (Å²) >= 11 is 0. The molecule has 13 heavy (non-hydrogen) atoms. The van der Waals surface area contributed by atoms with Gasteiger partial charge in [0.2, 0.25) is 5.91 Å². The molecular formula is C7H19Cl2N3O. The first-order valence-corrected chi connectivity index (χ1v) is 3.76. The molecule has 1 atom stereocenters. The van der Waals surface area contributed by atoms with Gasteiger partial charge in [0.1, 0.15) is 0 Å². The predicted molar refractivity (Wildman–Crippen MR) is 59.5 cm³/mol. The fraction of sp³-hybridized carbons (Fsp3) is 0.857. The number of nitrogens with zero attached hydrogens (tertiary/aromatic N) is 1. The van der Waals surface area contributed by atoms with Crippen molar-refractivity contribution in [1.29, 1.82) is 0 Å². The zero-order chi connectivity index (χ0) is 8.85. The van der Waals surface area contributed by atoms with Crippen molar-refractivity contribution >= 4 is 30.7 Å². The van der Waals surface area contributed by atoms with Crippen molar-refractivity contribution in [2.45, 2.75) is 18.9 Å². The van der Waals surface area contributed by atoms with E-state index in [9.17, 15) is 4.79 Å². The molecule has 0 spiro atoms. The maximum Gasteiger partial charge on any atom is 0.238 e. The van der Waals surface area contributed by atoms with Gasteiger partial charge >= 0.3 is 0 Å².